The maximum Gasteiger partial charge on any atom is 0.324 e. The summed E-state index contributed by atoms with van der Waals surface area (Å²) < 4.78 is 0. The third kappa shape index (κ3) is 2.37. The van der Waals surface area contributed by atoms with Gasteiger partial charge in [0.1, 0.15) is 0 Å². The number of piperazine rings is 1. The first-order valence-corrected chi connectivity index (χ1v) is 6.63. The summed E-state index contributed by atoms with van der Waals surface area (Å²) >= 11 is 0. The second-order valence-corrected chi connectivity index (χ2v) is 4.74. The number of urea groups is 1. The van der Waals surface area contributed by atoms with Crippen LogP contribution in [0.2, 0.25) is 0 Å². The Morgan fingerprint density at radius 2 is 1.90 bits per heavy atom. The van der Waals surface area contributed by atoms with Gasteiger partial charge >= 0.3 is 6.03 Å². The minimum Gasteiger partial charge on any atom is -0.360 e. The summed E-state index contributed by atoms with van der Waals surface area (Å²) in [7, 11) is 0. The number of carbonyl (C=O) groups excluding carboxylic acids is 2. The summed E-state index contributed by atoms with van der Waals surface area (Å²) in [5, 5.41) is 6.43. The average molecular weight is 272 g/mol. The number of rotatable bonds is 1. The predicted molar refractivity (Wildman–Crippen MR) is 75.6 cm³/mol. The third-order valence-corrected chi connectivity index (χ3v) is 3.46. The van der Waals surface area contributed by atoms with Crippen LogP contribution in [-0.2, 0) is 0 Å². The number of benzene rings is 1. The van der Waals surface area contributed by atoms with Crippen LogP contribution in [0.4, 0.5) is 4.79 Å². The van der Waals surface area contributed by atoms with Crippen LogP contribution in [0.1, 0.15) is 10.4 Å². The van der Waals surface area contributed by atoms with Gasteiger partial charge in [-0.15, -0.1) is 0 Å². The predicted octanol–water partition coefficient (Wildman–Crippen LogP) is 0.923. The molecule has 3 N–H and O–H groups in total. The number of nitrogens with zero attached hydrogens (tertiary/aromatic N) is 1. The lowest BCUT2D eigenvalue weighted by atomic mass is 10.1. The van der Waals surface area contributed by atoms with E-state index in [1.165, 1.54) is 0 Å². The first-order chi connectivity index (χ1) is 9.75. The zero-order valence-electron chi connectivity index (χ0n) is 11.0. The lowest BCUT2D eigenvalue weighted by Gasteiger charge is -2.27. The number of amides is 3. The monoisotopic (exact) mass is 272 g/mol. The van der Waals surface area contributed by atoms with E-state index in [0.717, 1.165) is 24.0 Å². The van der Waals surface area contributed by atoms with Gasteiger partial charge in [-0.25, -0.2) is 4.79 Å². The molecule has 1 fully saturated rings. The molecule has 3 amide bonds. The molecule has 2 aromatic rings. The summed E-state index contributed by atoms with van der Waals surface area (Å²) in [6.45, 7) is 2.75. The summed E-state index contributed by atoms with van der Waals surface area (Å²) in [4.78, 5) is 28.8. The van der Waals surface area contributed by atoms with Crippen LogP contribution in [0.3, 0.4) is 0 Å². The van der Waals surface area contributed by atoms with Crippen LogP contribution in [0.25, 0.3) is 10.9 Å². The normalized spacial score (nSPS) is 15.3. The third-order valence-electron chi connectivity index (χ3n) is 3.46. The number of H-pyrrole nitrogens is 1. The van der Waals surface area contributed by atoms with Gasteiger partial charge in [0, 0.05) is 43.3 Å². The van der Waals surface area contributed by atoms with Gasteiger partial charge in [-0.05, 0) is 6.07 Å². The van der Waals surface area contributed by atoms with E-state index in [0.29, 0.717) is 18.7 Å². The summed E-state index contributed by atoms with van der Waals surface area (Å²) in [6.07, 6.45) is 1.63. The van der Waals surface area contributed by atoms with Gasteiger partial charge in [0.25, 0.3) is 5.91 Å². The molecule has 3 rings (SSSR count). The van der Waals surface area contributed by atoms with E-state index in [9.17, 15) is 9.59 Å². The van der Waals surface area contributed by atoms with Gasteiger partial charge in [0.05, 0.1) is 5.56 Å². The summed E-state index contributed by atoms with van der Waals surface area (Å²) in [6, 6.07) is 7.18. The summed E-state index contributed by atoms with van der Waals surface area (Å²) in [5.74, 6) is -0.369. The van der Waals surface area contributed by atoms with Gasteiger partial charge in [0.2, 0.25) is 0 Å². The molecule has 2 heterocycles. The Kier molecular flexibility index (Phi) is 3.39. The molecule has 0 spiro atoms. The van der Waals surface area contributed by atoms with Crippen molar-refractivity contribution in [3.8, 4) is 0 Å². The zero-order chi connectivity index (χ0) is 13.9. The first kappa shape index (κ1) is 12.7. The lowest BCUT2D eigenvalue weighted by molar-refractivity contribution is 0.0951. The molecule has 0 saturated carbocycles. The number of aromatic amines is 1. The van der Waals surface area contributed by atoms with Gasteiger partial charge in [-0.2, -0.15) is 0 Å². The fourth-order valence-electron chi connectivity index (χ4n) is 2.37. The highest BCUT2D eigenvalue weighted by Crippen LogP contribution is 2.17. The van der Waals surface area contributed by atoms with Crippen molar-refractivity contribution in [1.82, 2.24) is 20.5 Å². The van der Waals surface area contributed by atoms with Crippen molar-refractivity contribution in [2.75, 3.05) is 26.2 Å². The Morgan fingerprint density at radius 3 is 2.70 bits per heavy atom. The van der Waals surface area contributed by atoms with Gasteiger partial charge < -0.3 is 15.2 Å². The Labute approximate surface area is 116 Å². The number of aromatic nitrogens is 1. The second kappa shape index (κ2) is 5.34. The molecule has 0 aliphatic carbocycles. The molecule has 1 aliphatic rings. The molecule has 104 valence electrons. The smallest absolute Gasteiger partial charge is 0.324 e. The van der Waals surface area contributed by atoms with Gasteiger partial charge in [0.15, 0.2) is 0 Å². The highest BCUT2D eigenvalue weighted by atomic mass is 16.2. The molecule has 0 atom stereocenters. The molecule has 0 bridgehead atoms. The topological polar surface area (TPSA) is 77.2 Å². The SMILES string of the molecule is O=C(NC(=O)N1CCNCC1)c1c[nH]c2ccccc12. The number of hydrogen-bond acceptors (Lipinski definition) is 3. The van der Waals surface area contributed by atoms with Crippen molar-refractivity contribution in [2.45, 2.75) is 0 Å². The Bertz CT molecular complexity index is 643. The number of carbonyl (C=O) groups is 2. The van der Waals surface area contributed by atoms with Crippen LogP contribution in [0.15, 0.2) is 30.5 Å². The number of hydrogen-bond donors (Lipinski definition) is 3. The van der Waals surface area contributed by atoms with Crippen molar-refractivity contribution in [3.63, 3.8) is 0 Å². The van der Waals surface area contributed by atoms with Crippen LogP contribution in [0.5, 0.6) is 0 Å². The van der Waals surface area contributed by atoms with Crippen molar-refractivity contribution >= 4 is 22.8 Å². The average Bonchev–Trinajstić information content (AvgIpc) is 2.92. The molecule has 1 aromatic carbocycles. The van der Waals surface area contributed by atoms with Crippen molar-refractivity contribution in [1.29, 1.82) is 0 Å². The molecule has 0 radical (unpaired) electrons. The van der Waals surface area contributed by atoms with Crippen LogP contribution < -0.4 is 10.6 Å². The molecule has 6 nitrogen and oxygen atoms in total. The van der Waals surface area contributed by atoms with Crippen molar-refractivity contribution < 1.29 is 9.59 Å². The molecule has 20 heavy (non-hydrogen) atoms. The maximum atomic E-state index is 12.2. The highest BCUT2D eigenvalue weighted by Gasteiger charge is 2.20. The van der Waals surface area contributed by atoms with Gasteiger partial charge in [-0.3, -0.25) is 10.1 Å². The standard InChI is InChI=1S/C14H16N4O2/c19-13(17-14(20)18-7-5-15-6-8-18)11-9-16-12-4-2-1-3-10(11)12/h1-4,9,15-16H,5-8H2,(H,17,19,20). The van der Waals surface area contributed by atoms with E-state index >= 15 is 0 Å². The van der Waals surface area contributed by atoms with Crippen LogP contribution >= 0.6 is 0 Å². The fourth-order valence-corrected chi connectivity index (χ4v) is 2.37. The van der Waals surface area contributed by atoms with E-state index in [-0.39, 0.29) is 11.9 Å². The molecular formula is C14H16N4O2. The second-order valence-electron chi connectivity index (χ2n) is 4.74. The zero-order valence-corrected chi connectivity index (χ0v) is 11.0. The van der Waals surface area contributed by atoms with Gasteiger partial charge in [-0.1, -0.05) is 18.2 Å². The highest BCUT2D eigenvalue weighted by molar-refractivity contribution is 6.11. The Balaban J connectivity index is 1.74. The van der Waals surface area contributed by atoms with Crippen LogP contribution in [0, 0.1) is 0 Å². The minimum absolute atomic E-state index is 0.332. The number of para-hydroxylation sites is 1. The summed E-state index contributed by atoms with van der Waals surface area (Å²) in [5.41, 5.74) is 1.37. The quantitative estimate of drug-likeness (QED) is 0.722. The molecular weight excluding hydrogens is 256 g/mol. The minimum atomic E-state index is -0.369. The van der Waals surface area contributed by atoms with E-state index < -0.39 is 0 Å². The lowest BCUT2D eigenvalue weighted by Crippen LogP contribution is -2.51. The molecule has 6 heteroatoms. The fraction of sp³-hybridized carbons (Fsp3) is 0.286. The van der Waals surface area contributed by atoms with Crippen molar-refractivity contribution in [2.24, 2.45) is 0 Å². The van der Waals surface area contributed by atoms with E-state index in [1.54, 1.807) is 11.1 Å². The Hall–Kier alpha value is -2.34. The van der Waals surface area contributed by atoms with Crippen molar-refractivity contribution in [3.05, 3.63) is 36.0 Å². The van der Waals surface area contributed by atoms with E-state index in [4.69, 9.17) is 0 Å². The number of imide groups is 1. The largest absolute Gasteiger partial charge is 0.360 e. The Morgan fingerprint density at radius 1 is 1.15 bits per heavy atom. The molecule has 0 unspecified atom stereocenters. The maximum absolute atomic E-state index is 12.2. The molecule has 1 saturated heterocycles. The first-order valence-electron chi connectivity index (χ1n) is 6.63. The molecule has 1 aromatic heterocycles. The number of nitrogens with one attached hydrogen (secondary N) is 3. The molecule has 1 aliphatic heterocycles. The number of fused-ring (bicyclic) bond motifs is 1. The van der Waals surface area contributed by atoms with E-state index in [2.05, 4.69) is 15.6 Å². The van der Waals surface area contributed by atoms with E-state index in [1.807, 2.05) is 24.3 Å². The van der Waals surface area contributed by atoms with Crippen LogP contribution in [-0.4, -0.2) is 48.0 Å².